The Labute approximate surface area is 146 Å². The third kappa shape index (κ3) is 5.48. The first-order valence-electron chi connectivity index (χ1n) is 8.03. The van der Waals surface area contributed by atoms with Gasteiger partial charge in [-0.1, -0.05) is 42.5 Å². The first-order valence-corrected chi connectivity index (χ1v) is 8.03. The van der Waals surface area contributed by atoms with E-state index in [0.29, 0.717) is 13.2 Å². The van der Waals surface area contributed by atoms with E-state index in [0.717, 1.165) is 22.6 Å². The molecule has 2 aromatic carbocycles. The number of anilines is 1. The summed E-state index contributed by atoms with van der Waals surface area (Å²) < 4.78 is 10.8. The van der Waals surface area contributed by atoms with Crippen LogP contribution in [0.1, 0.15) is 16.9 Å². The van der Waals surface area contributed by atoms with Crippen molar-refractivity contribution in [1.82, 2.24) is 0 Å². The molecule has 1 heterocycles. The highest BCUT2D eigenvalue weighted by molar-refractivity contribution is 6.01. The third-order valence-electron chi connectivity index (χ3n) is 3.51. The number of nitrogens with one attached hydrogen (secondary N) is 1. The Morgan fingerprint density at radius 1 is 1.00 bits per heavy atom. The molecule has 0 saturated heterocycles. The Morgan fingerprint density at radius 3 is 2.68 bits per heavy atom. The lowest BCUT2D eigenvalue weighted by molar-refractivity contribution is -0.111. The average Bonchev–Trinajstić information content (AvgIpc) is 3.15. The van der Waals surface area contributed by atoms with Crippen LogP contribution in [0.15, 0.2) is 83.5 Å². The predicted molar refractivity (Wildman–Crippen MR) is 97.7 cm³/mol. The zero-order valence-corrected chi connectivity index (χ0v) is 13.7. The van der Waals surface area contributed by atoms with Gasteiger partial charge in [0.2, 0.25) is 5.91 Å². The van der Waals surface area contributed by atoms with Gasteiger partial charge in [-0.05, 0) is 41.5 Å². The predicted octanol–water partition coefficient (Wildman–Crippen LogP) is 4.65. The van der Waals surface area contributed by atoms with Crippen molar-refractivity contribution in [1.29, 1.82) is 0 Å². The van der Waals surface area contributed by atoms with Crippen molar-refractivity contribution in [3.8, 4) is 0 Å². The Bertz CT molecular complexity index is 823. The second kappa shape index (κ2) is 8.66. The van der Waals surface area contributed by atoms with E-state index in [1.807, 2.05) is 66.7 Å². The Balaban J connectivity index is 1.52. The normalized spacial score (nSPS) is 10.9. The molecular formula is C21H19NO3. The van der Waals surface area contributed by atoms with Crippen LogP contribution in [0.25, 0.3) is 6.08 Å². The van der Waals surface area contributed by atoms with Gasteiger partial charge < -0.3 is 14.5 Å². The van der Waals surface area contributed by atoms with Gasteiger partial charge in [-0.25, -0.2) is 0 Å². The molecule has 0 aliphatic heterocycles. The molecule has 4 heteroatoms. The van der Waals surface area contributed by atoms with Crippen molar-refractivity contribution in [2.75, 3.05) is 5.32 Å². The van der Waals surface area contributed by atoms with E-state index in [1.165, 1.54) is 6.08 Å². The summed E-state index contributed by atoms with van der Waals surface area (Å²) in [6, 6.07) is 21.0. The second-order valence-corrected chi connectivity index (χ2v) is 5.51. The molecule has 3 rings (SSSR count). The molecule has 1 amide bonds. The molecule has 0 aliphatic rings. The molecule has 4 nitrogen and oxygen atoms in total. The van der Waals surface area contributed by atoms with Crippen molar-refractivity contribution < 1.29 is 13.9 Å². The number of rotatable bonds is 7. The summed E-state index contributed by atoms with van der Waals surface area (Å²) in [6.45, 7) is 0.869. The molecule has 25 heavy (non-hydrogen) atoms. The standard InChI is InChI=1S/C21H19NO3/c23-21(12-11-17-6-2-1-3-7-17)22-19-9-4-8-18(14-19)15-24-16-20-10-5-13-25-20/h1-14H,15-16H2,(H,22,23). The number of ether oxygens (including phenoxy) is 1. The molecule has 3 aromatic rings. The van der Waals surface area contributed by atoms with Gasteiger partial charge in [-0.15, -0.1) is 0 Å². The largest absolute Gasteiger partial charge is 0.467 e. The molecule has 0 atom stereocenters. The summed E-state index contributed by atoms with van der Waals surface area (Å²) >= 11 is 0. The summed E-state index contributed by atoms with van der Waals surface area (Å²) in [5.41, 5.74) is 2.70. The van der Waals surface area contributed by atoms with Crippen molar-refractivity contribution >= 4 is 17.7 Å². The highest BCUT2D eigenvalue weighted by Gasteiger charge is 2.01. The highest BCUT2D eigenvalue weighted by Crippen LogP contribution is 2.13. The van der Waals surface area contributed by atoms with Crippen LogP contribution in [-0.2, 0) is 22.7 Å². The minimum absolute atomic E-state index is 0.169. The lowest BCUT2D eigenvalue weighted by atomic mass is 10.2. The number of carbonyl (C=O) groups excluding carboxylic acids is 1. The molecular weight excluding hydrogens is 314 g/mol. The Kier molecular flexibility index (Phi) is 5.80. The van der Waals surface area contributed by atoms with Gasteiger partial charge in [0, 0.05) is 11.8 Å². The summed E-state index contributed by atoms with van der Waals surface area (Å²) in [7, 11) is 0. The molecule has 126 valence electrons. The molecule has 0 bridgehead atoms. The number of carbonyl (C=O) groups is 1. The summed E-state index contributed by atoms with van der Waals surface area (Å²) in [4.78, 5) is 12.0. The second-order valence-electron chi connectivity index (χ2n) is 5.51. The number of benzene rings is 2. The number of hydrogen-bond donors (Lipinski definition) is 1. The zero-order chi connectivity index (χ0) is 17.3. The molecule has 0 aliphatic carbocycles. The van der Waals surface area contributed by atoms with Gasteiger partial charge in [0.25, 0.3) is 0 Å². The molecule has 0 spiro atoms. The SMILES string of the molecule is O=C(C=Cc1ccccc1)Nc1cccc(COCc2ccco2)c1. The van der Waals surface area contributed by atoms with Crippen LogP contribution in [0.5, 0.6) is 0 Å². The Morgan fingerprint density at radius 2 is 1.88 bits per heavy atom. The van der Waals surface area contributed by atoms with E-state index in [1.54, 1.807) is 12.3 Å². The van der Waals surface area contributed by atoms with Gasteiger partial charge in [-0.3, -0.25) is 4.79 Å². The Hall–Kier alpha value is -3.11. The van der Waals surface area contributed by atoms with Crippen LogP contribution in [-0.4, -0.2) is 5.91 Å². The van der Waals surface area contributed by atoms with Crippen molar-refractivity contribution in [3.63, 3.8) is 0 Å². The molecule has 0 fully saturated rings. The van der Waals surface area contributed by atoms with E-state index in [9.17, 15) is 4.79 Å². The topological polar surface area (TPSA) is 51.5 Å². The third-order valence-corrected chi connectivity index (χ3v) is 3.51. The van der Waals surface area contributed by atoms with Crippen LogP contribution in [0.4, 0.5) is 5.69 Å². The van der Waals surface area contributed by atoms with Crippen LogP contribution in [0, 0.1) is 0 Å². The maximum Gasteiger partial charge on any atom is 0.248 e. The first-order chi connectivity index (χ1) is 12.3. The number of hydrogen-bond acceptors (Lipinski definition) is 3. The quantitative estimate of drug-likeness (QED) is 0.640. The van der Waals surface area contributed by atoms with Crippen molar-refractivity contribution in [2.45, 2.75) is 13.2 Å². The maximum absolute atomic E-state index is 12.0. The van der Waals surface area contributed by atoms with E-state index in [-0.39, 0.29) is 5.91 Å². The number of amides is 1. The van der Waals surface area contributed by atoms with Crippen LogP contribution >= 0.6 is 0 Å². The van der Waals surface area contributed by atoms with Gasteiger partial charge in [-0.2, -0.15) is 0 Å². The fraction of sp³-hybridized carbons (Fsp3) is 0.0952. The summed E-state index contributed by atoms with van der Waals surface area (Å²) in [5.74, 6) is 0.619. The smallest absolute Gasteiger partial charge is 0.248 e. The van der Waals surface area contributed by atoms with Crippen molar-refractivity contribution in [2.24, 2.45) is 0 Å². The molecule has 1 N–H and O–H groups in total. The van der Waals surface area contributed by atoms with Crippen LogP contribution in [0.3, 0.4) is 0 Å². The van der Waals surface area contributed by atoms with Gasteiger partial charge in [0.1, 0.15) is 12.4 Å². The van der Waals surface area contributed by atoms with E-state index < -0.39 is 0 Å². The van der Waals surface area contributed by atoms with E-state index >= 15 is 0 Å². The van der Waals surface area contributed by atoms with Crippen LogP contribution < -0.4 is 5.32 Å². The molecule has 0 unspecified atom stereocenters. The first kappa shape index (κ1) is 16.7. The lowest BCUT2D eigenvalue weighted by Gasteiger charge is -2.06. The monoisotopic (exact) mass is 333 g/mol. The fourth-order valence-corrected chi connectivity index (χ4v) is 2.32. The minimum Gasteiger partial charge on any atom is -0.467 e. The van der Waals surface area contributed by atoms with Gasteiger partial charge in [0.15, 0.2) is 0 Å². The minimum atomic E-state index is -0.169. The van der Waals surface area contributed by atoms with Gasteiger partial charge in [0.05, 0.1) is 12.9 Å². The fourth-order valence-electron chi connectivity index (χ4n) is 2.32. The summed E-state index contributed by atoms with van der Waals surface area (Å²) in [6.07, 6.45) is 4.93. The maximum atomic E-state index is 12.0. The highest BCUT2D eigenvalue weighted by atomic mass is 16.5. The molecule has 0 saturated carbocycles. The zero-order valence-electron chi connectivity index (χ0n) is 13.7. The average molecular weight is 333 g/mol. The molecule has 1 aromatic heterocycles. The summed E-state index contributed by atoms with van der Waals surface area (Å²) in [5, 5.41) is 2.86. The number of furan rings is 1. The lowest BCUT2D eigenvalue weighted by Crippen LogP contribution is -2.08. The van der Waals surface area contributed by atoms with Crippen LogP contribution in [0.2, 0.25) is 0 Å². The van der Waals surface area contributed by atoms with Gasteiger partial charge >= 0.3 is 0 Å². The molecule has 0 radical (unpaired) electrons. The van der Waals surface area contributed by atoms with E-state index in [4.69, 9.17) is 9.15 Å². The van der Waals surface area contributed by atoms with Crippen molar-refractivity contribution in [3.05, 3.63) is 96.0 Å². The van der Waals surface area contributed by atoms with E-state index in [2.05, 4.69) is 5.32 Å².